The molecule has 0 bridgehead atoms. The maximum atomic E-state index is 12.7. The van der Waals surface area contributed by atoms with Gasteiger partial charge in [-0.3, -0.25) is 0 Å². The van der Waals surface area contributed by atoms with Gasteiger partial charge >= 0.3 is 6.03 Å². The Balaban J connectivity index is 2.30. The molecule has 0 aliphatic rings. The van der Waals surface area contributed by atoms with Gasteiger partial charge in [0, 0.05) is 13.1 Å². The predicted molar refractivity (Wildman–Crippen MR) is 77.4 cm³/mol. The number of nitrogens with one attached hydrogen (secondary N) is 1. The number of rotatable bonds is 6. The number of hydrogen-bond acceptors (Lipinski definition) is 2. The van der Waals surface area contributed by atoms with Crippen molar-refractivity contribution >= 4 is 6.03 Å². The Morgan fingerprint density at radius 1 is 1.30 bits per heavy atom. The molecule has 0 spiro atoms. The summed E-state index contributed by atoms with van der Waals surface area (Å²) >= 11 is 0. The van der Waals surface area contributed by atoms with E-state index in [9.17, 15) is 9.18 Å². The van der Waals surface area contributed by atoms with Crippen LogP contribution in [-0.2, 0) is 0 Å². The summed E-state index contributed by atoms with van der Waals surface area (Å²) in [6, 6.07) is 5.83. The maximum Gasteiger partial charge on any atom is 0.317 e. The molecule has 0 fully saturated rings. The Hall–Kier alpha value is -1.78. The van der Waals surface area contributed by atoms with Gasteiger partial charge in [0.05, 0.1) is 6.54 Å². The number of benzene rings is 1. The lowest BCUT2D eigenvalue weighted by Crippen LogP contribution is -2.45. The summed E-state index contributed by atoms with van der Waals surface area (Å²) in [7, 11) is 1.72. The van der Waals surface area contributed by atoms with Gasteiger partial charge in [-0.1, -0.05) is 13.8 Å². The lowest BCUT2D eigenvalue weighted by atomic mass is 10.1. The van der Waals surface area contributed by atoms with Crippen LogP contribution in [0.4, 0.5) is 9.18 Å². The fourth-order valence-electron chi connectivity index (χ4n) is 1.40. The van der Waals surface area contributed by atoms with Crippen LogP contribution in [0.25, 0.3) is 0 Å². The van der Waals surface area contributed by atoms with Gasteiger partial charge in [-0.05, 0) is 37.1 Å². The zero-order chi connectivity index (χ0) is 15.1. The van der Waals surface area contributed by atoms with Crippen molar-refractivity contribution in [3.05, 3.63) is 30.1 Å². The third-order valence-corrected chi connectivity index (χ3v) is 3.21. The Bertz CT molecular complexity index is 420. The predicted octanol–water partition coefficient (Wildman–Crippen LogP) is 2.89. The Morgan fingerprint density at radius 2 is 1.90 bits per heavy atom. The van der Waals surface area contributed by atoms with E-state index in [1.807, 2.05) is 6.92 Å². The van der Waals surface area contributed by atoms with Crippen LogP contribution < -0.4 is 10.1 Å². The van der Waals surface area contributed by atoms with Gasteiger partial charge < -0.3 is 15.0 Å². The van der Waals surface area contributed by atoms with Crippen molar-refractivity contribution in [1.82, 2.24) is 10.2 Å². The number of carbonyl (C=O) groups excluding carboxylic acids is 1. The van der Waals surface area contributed by atoms with Gasteiger partial charge in [0.1, 0.15) is 18.2 Å². The van der Waals surface area contributed by atoms with Gasteiger partial charge in [-0.25, -0.2) is 9.18 Å². The molecular weight excluding hydrogens is 259 g/mol. The average molecular weight is 282 g/mol. The third-order valence-electron chi connectivity index (χ3n) is 3.21. The molecule has 1 rings (SSSR count). The summed E-state index contributed by atoms with van der Waals surface area (Å²) < 4.78 is 18.2. The smallest absolute Gasteiger partial charge is 0.317 e. The van der Waals surface area contributed by atoms with E-state index in [0.29, 0.717) is 24.8 Å². The first kappa shape index (κ1) is 16.3. The molecule has 0 radical (unpaired) electrons. The standard InChI is InChI=1S/C15H23FN2O2/c1-11(2)12(3)17-15(19)18(4)9-10-20-14-7-5-13(16)6-8-14/h5-8,11-12H,9-10H2,1-4H3,(H,17,19). The zero-order valence-electron chi connectivity index (χ0n) is 12.5. The third kappa shape index (κ3) is 5.47. The minimum atomic E-state index is -0.295. The van der Waals surface area contributed by atoms with E-state index < -0.39 is 0 Å². The second kappa shape index (κ2) is 7.72. The van der Waals surface area contributed by atoms with Crippen LogP contribution in [0.1, 0.15) is 20.8 Å². The van der Waals surface area contributed by atoms with Crippen LogP contribution in [0.15, 0.2) is 24.3 Å². The molecular formula is C15H23FN2O2. The van der Waals surface area contributed by atoms with Crippen LogP contribution >= 0.6 is 0 Å². The van der Waals surface area contributed by atoms with Crippen molar-refractivity contribution in [2.75, 3.05) is 20.2 Å². The van der Waals surface area contributed by atoms with Crippen molar-refractivity contribution in [3.63, 3.8) is 0 Å². The lowest BCUT2D eigenvalue weighted by Gasteiger charge is -2.23. The fourth-order valence-corrected chi connectivity index (χ4v) is 1.40. The van der Waals surface area contributed by atoms with Gasteiger partial charge in [0.2, 0.25) is 0 Å². The first-order chi connectivity index (χ1) is 9.40. The maximum absolute atomic E-state index is 12.7. The number of halogens is 1. The van der Waals surface area contributed by atoms with Gasteiger partial charge in [-0.15, -0.1) is 0 Å². The highest BCUT2D eigenvalue weighted by Crippen LogP contribution is 2.10. The molecule has 4 nitrogen and oxygen atoms in total. The van der Waals surface area contributed by atoms with Crippen molar-refractivity contribution in [2.45, 2.75) is 26.8 Å². The highest BCUT2D eigenvalue weighted by atomic mass is 19.1. The molecule has 5 heteroatoms. The fraction of sp³-hybridized carbons (Fsp3) is 0.533. The van der Waals surface area contributed by atoms with Gasteiger partial charge in [0.25, 0.3) is 0 Å². The molecule has 0 aliphatic heterocycles. The quantitative estimate of drug-likeness (QED) is 0.871. The normalized spacial score (nSPS) is 12.1. The van der Waals surface area contributed by atoms with E-state index in [4.69, 9.17) is 4.74 Å². The average Bonchev–Trinajstić information content (AvgIpc) is 2.40. The van der Waals surface area contributed by atoms with Crippen LogP contribution in [0, 0.1) is 11.7 Å². The van der Waals surface area contributed by atoms with Crippen molar-refractivity contribution in [1.29, 1.82) is 0 Å². The van der Waals surface area contributed by atoms with Crippen LogP contribution in [0.3, 0.4) is 0 Å². The number of nitrogens with zero attached hydrogens (tertiary/aromatic N) is 1. The van der Waals surface area contributed by atoms with E-state index in [0.717, 1.165) is 0 Å². The summed E-state index contributed by atoms with van der Waals surface area (Å²) in [5, 5.41) is 2.92. The molecule has 0 saturated heterocycles. The minimum absolute atomic E-state index is 0.117. The number of amides is 2. The summed E-state index contributed by atoms with van der Waals surface area (Å²) in [6.45, 7) is 6.93. The molecule has 20 heavy (non-hydrogen) atoms. The highest BCUT2D eigenvalue weighted by molar-refractivity contribution is 5.74. The van der Waals surface area contributed by atoms with Crippen molar-refractivity contribution in [2.24, 2.45) is 5.92 Å². The molecule has 0 heterocycles. The Kier molecular flexibility index (Phi) is 6.28. The van der Waals surface area contributed by atoms with E-state index in [1.165, 1.54) is 12.1 Å². The number of likely N-dealkylation sites (N-methyl/N-ethyl adjacent to an activating group) is 1. The Labute approximate surface area is 119 Å². The van der Waals surface area contributed by atoms with Gasteiger partial charge in [-0.2, -0.15) is 0 Å². The summed E-state index contributed by atoms with van der Waals surface area (Å²) in [5.74, 6) is 0.690. The van der Waals surface area contributed by atoms with Crippen molar-refractivity contribution < 1.29 is 13.9 Å². The summed E-state index contributed by atoms with van der Waals surface area (Å²) in [5.41, 5.74) is 0. The molecule has 112 valence electrons. The molecule has 0 aliphatic carbocycles. The number of ether oxygens (including phenoxy) is 1. The molecule has 2 amide bonds. The molecule has 1 atom stereocenters. The molecule has 1 unspecified atom stereocenters. The first-order valence-electron chi connectivity index (χ1n) is 6.80. The van der Waals surface area contributed by atoms with Crippen LogP contribution in [0.2, 0.25) is 0 Å². The zero-order valence-corrected chi connectivity index (χ0v) is 12.5. The van der Waals surface area contributed by atoms with E-state index >= 15 is 0 Å². The highest BCUT2D eigenvalue weighted by Gasteiger charge is 2.13. The molecule has 0 saturated carbocycles. The Morgan fingerprint density at radius 3 is 2.45 bits per heavy atom. The van der Waals surface area contributed by atoms with Gasteiger partial charge in [0.15, 0.2) is 0 Å². The van der Waals surface area contributed by atoms with E-state index in [2.05, 4.69) is 19.2 Å². The number of urea groups is 1. The summed E-state index contributed by atoms with van der Waals surface area (Å²) in [4.78, 5) is 13.4. The first-order valence-corrected chi connectivity index (χ1v) is 6.80. The van der Waals surface area contributed by atoms with E-state index in [-0.39, 0.29) is 17.9 Å². The molecule has 1 aromatic rings. The number of carbonyl (C=O) groups is 1. The molecule has 1 N–H and O–H groups in total. The summed E-state index contributed by atoms with van der Waals surface area (Å²) in [6.07, 6.45) is 0. The molecule has 0 aromatic heterocycles. The topological polar surface area (TPSA) is 41.6 Å². The lowest BCUT2D eigenvalue weighted by molar-refractivity contribution is 0.189. The van der Waals surface area contributed by atoms with Crippen LogP contribution in [-0.4, -0.2) is 37.2 Å². The van der Waals surface area contributed by atoms with Crippen molar-refractivity contribution in [3.8, 4) is 5.75 Å². The number of hydrogen-bond donors (Lipinski definition) is 1. The second-order valence-corrected chi connectivity index (χ2v) is 5.21. The SMILES string of the molecule is CC(C)C(C)NC(=O)N(C)CCOc1ccc(F)cc1. The largest absolute Gasteiger partial charge is 0.492 e. The molecule has 1 aromatic carbocycles. The monoisotopic (exact) mass is 282 g/mol. The second-order valence-electron chi connectivity index (χ2n) is 5.21. The van der Waals surface area contributed by atoms with E-state index in [1.54, 1.807) is 24.1 Å². The van der Waals surface area contributed by atoms with Crippen LogP contribution in [0.5, 0.6) is 5.75 Å². The minimum Gasteiger partial charge on any atom is -0.492 e.